The summed E-state index contributed by atoms with van der Waals surface area (Å²) in [4.78, 5) is 21.4. The van der Waals surface area contributed by atoms with E-state index in [9.17, 15) is 9.59 Å². The van der Waals surface area contributed by atoms with Gasteiger partial charge in [-0.15, -0.1) is 0 Å². The third-order valence-corrected chi connectivity index (χ3v) is 2.89. The number of carbonyl (C=O) groups is 2. The predicted octanol–water partition coefficient (Wildman–Crippen LogP) is -0.948. The summed E-state index contributed by atoms with van der Waals surface area (Å²) in [6.45, 7) is 0.958. The molecule has 0 aromatic carbocycles. The van der Waals surface area contributed by atoms with Crippen LogP contribution in [0, 0.1) is 0 Å². The van der Waals surface area contributed by atoms with E-state index < -0.39 is 18.1 Å². The third kappa shape index (κ3) is 7.49. The molecule has 16 heavy (non-hydrogen) atoms. The van der Waals surface area contributed by atoms with Crippen LogP contribution in [0.25, 0.3) is 0 Å². The Morgan fingerprint density at radius 1 is 1.44 bits per heavy atom. The minimum Gasteiger partial charge on any atom is -0.480 e. The smallest absolute Gasteiger partial charge is 0.326 e. The number of nitrogens with one attached hydrogen (secondary N) is 1. The number of carboxylic acid groups (broad SMARTS) is 1. The number of aliphatic carboxylic acids is 1. The first-order chi connectivity index (χ1) is 7.47. The Kier molecular flexibility index (Phi) is 7.96. The highest BCUT2D eigenvalue weighted by Crippen LogP contribution is 2.07. The van der Waals surface area contributed by atoms with Gasteiger partial charge in [0.15, 0.2) is 0 Å². The van der Waals surface area contributed by atoms with E-state index in [1.165, 1.54) is 18.7 Å². The van der Waals surface area contributed by atoms with Crippen LogP contribution in [0.15, 0.2) is 0 Å². The number of aliphatic hydroxyl groups excluding tert-OH is 2. The SMILES string of the molecule is CC(=O)NC(CCSCC(O)CO)C(=O)O. The molecule has 0 saturated carbocycles. The number of carboxylic acids is 1. The van der Waals surface area contributed by atoms with Crippen molar-refractivity contribution in [3.05, 3.63) is 0 Å². The first-order valence-corrected chi connectivity index (χ1v) is 5.99. The largest absolute Gasteiger partial charge is 0.480 e. The second-order valence-corrected chi connectivity index (χ2v) is 4.44. The number of amides is 1. The molecule has 7 heteroatoms. The standard InChI is InChI=1S/C9H17NO5S/c1-6(12)10-8(9(14)15)2-3-16-5-7(13)4-11/h7-8,11,13H,2-5H2,1H3,(H,10,12)(H,14,15). The highest BCUT2D eigenvalue weighted by Gasteiger charge is 2.17. The van der Waals surface area contributed by atoms with E-state index in [1.807, 2.05) is 0 Å². The van der Waals surface area contributed by atoms with E-state index in [4.69, 9.17) is 15.3 Å². The molecule has 0 bridgehead atoms. The number of rotatable bonds is 8. The van der Waals surface area contributed by atoms with Crippen molar-refractivity contribution in [1.29, 1.82) is 0 Å². The lowest BCUT2D eigenvalue weighted by Crippen LogP contribution is -2.40. The van der Waals surface area contributed by atoms with E-state index in [1.54, 1.807) is 0 Å². The van der Waals surface area contributed by atoms with Crippen LogP contribution < -0.4 is 5.32 Å². The van der Waals surface area contributed by atoms with Crippen LogP contribution in [-0.4, -0.2) is 57.5 Å². The molecule has 0 aromatic heterocycles. The van der Waals surface area contributed by atoms with Crippen LogP contribution in [0.1, 0.15) is 13.3 Å². The van der Waals surface area contributed by atoms with Crippen LogP contribution in [-0.2, 0) is 9.59 Å². The maximum Gasteiger partial charge on any atom is 0.326 e. The van der Waals surface area contributed by atoms with Crippen molar-refractivity contribution in [2.45, 2.75) is 25.5 Å². The molecule has 0 aromatic rings. The van der Waals surface area contributed by atoms with E-state index >= 15 is 0 Å². The molecule has 0 aliphatic carbocycles. The Hall–Kier alpha value is -0.790. The van der Waals surface area contributed by atoms with Crippen molar-refractivity contribution >= 4 is 23.6 Å². The van der Waals surface area contributed by atoms with Gasteiger partial charge in [0, 0.05) is 12.7 Å². The van der Waals surface area contributed by atoms with Crippen LogP contribution in [0.5, 0.6) is 0 Å². The summed E-state index contributed by atoms with van der Waals surface area (Å²) in [5.74, 6) is -0.608. The summed E-state index contributed by atoms with van der Waals surface area (Å²) >= 11 is 1.33. The predicted molar refractivity (Wildman–Crippen MR) is 60.3 cm³/mol. The molecule has 6 nitrogen and oxygen atoms in total. The van der Waals surface area contributed by atoms with E-state index in [-0.39, 0.29) is 18.9 Å². The van der Waals surface area contributed by atoms with Gasteiger partial charge in [-0.1, -0.05) is 0 Å². The average Bonchev–Trinajstić information content (AvgIpc) is 2.21. The molecular formula is C9H17NO5S. The Balaban J connectivity index is 3.77. The zero-order chi connectivity index (χ0) is 12.6. The number of hydrogen-bond acceptors (Lipinski definition) is 5. The molecule has 0 aliphatic rings. The van der Waals surface area contributed by atoms with E-state index in [2.05, 4.69) is 5.32 Å². The van der Waals surface area contributed by atoms with Crippen LogP contribution in [0.4, 0.5) is 0 Å². The summed E-state index contributed by atoms with van der Waals surface area (Å²) in [6, 6.07) is -0.892. The zero-order valence-corrected chi connectivity index (χ0v) is 9.87. The molecule has 2 atom stereocenters. The van der Waals surface area contributed by atoms with Gasteiger partial charge < -0.3 is 20.6 Å². The molecular weight excluding hydrogens is 234 g/mol. The highest BCUT2D eigenvalue weighted by atomic mass is 32.2. The first kappa shape index (κ1) is 15.2. The fourth-order valence-electron chi connectivity index (χ4n) is 0.976. The molecule has 0 rings (SSSR count). The van der Waals surface area contributed by atoms with Crippen LogP contribution in [0.3, 0.4) is 0 Å². The molecule has 0 saturated heterocycles. The second kappa shape index (κ2) is 8.37. The summed E-state index contributed by atoms with van der Waals surface area (Å²) < 4.78 is 0. The molecule has 0 aliphatic heterocycles. The van der Waals surface area contributed by atoms with Crippen molar-refractivity contribution < 1.29 is 24.9 Å². The van der Waals surface area contributed by atoms with Gasteiger partial charge in [0.05, 0.1) is 12.7 Å². The number of aliphatic hydroxyl groups is 2. The summed E-state index contributed by atoms with van der Waals surface area (Å²) in [5, 5.41) is 28.6. The van der Waals surface area contributed by atoms with Crippen molar-refractivity contribution in [2.75, 3.05) is 18.1 Å². The fraction of sp³-hybridized carbons (Fsp3) is 0.778. The Bertz CT molecular complexity index is 236. The van der Waals surface area contributed by atoms with Gasteiger partial charge in [-0.05, 0) is 12.2 Å². The minimum absolute atomic E-state index is 0.289. The van der Waals surface area contributed by atoms with E-state index in [0.717, 1.165) is 0 Å². The first-order valence-electron chi connectivity index (χ1n) is 4.84. The Labute approximate surface area is 98.0 Å². The van der Waals surface area contributed by atoms with Crippen LogP contribution >= 0.6 is 11.8 Å². The molecule has 0 spiro atoms. The second-order valence-electron chi connectivity index (χ2n) is 3.29. The number of hydrogen-bond donors (Lipinski definition) is 4. The number of carbonyl (C=O) groups excluding carboxylic acids is 1. The van der Waals surface area contributed by atoms with Gasteiger partial charge in [-0.3, -0.25) is 4.79 Å². The molecule has 1 amide bonds. The minimum atomic E-state index is -1.07. The highest BCUT2D eigenvalue weighted by molar-refractivity contribution is 7.99. The molecule has 0 radical (unpaired) electrons. The van der Waals surface area contributed by atoms with Crippen molar-refractivity contribution in [2.24, 2.45) is 0 Å². The zero-order valence-electron chi connectivity index (χ0n) is 9.05. The van der Waals surface area contributed by atoms with Gasteiger partial charge in [0.1, 0.15) is 6.04 Å². The van der Waals surface area contributed by atoms with Crippen molar-refractivity contribution in [1.82, 2.24) is 5.32 Å². The molecule has 0 heterocycles. The Morgan fingerprint density at radius 3 is 2.50 bits per heavy atom. The molecule has 0 fully saturated rings. The van der Waals surface area contributed by atoms with Gasteiger partial charge in [0.2, 0.25) is 5.91 Å². The van der Waals surface area contributed by atoms with Crippen LogP contribution in [0.2, 0.25) is 0 Å². The normalized spacial score (nSPS) is 14.2. The van der Waals surface area contributed by atoms with Gasteiger partial charge in [0.25, 0.3) is 0 Å². The molecule has 94 valence electrons. The molecule has 2 unspecified atom stereocenters. The van der Waals surface area contributed by atoms with Gasteiger partial charge in [-0.2, -0.15) is 11.8 Å². The van der Waals surface area contributed by atoms with Crippen molar-refractivity contribution in [3.8, 4) is 0 Å². The fourth-order valence-corrected chi connectivity index (χ4v) is 1.92. The maximum absolute atomic E-state index is 10.7. The topological polar surface area (TPSA) is 107 Å². The number of thioether (sulfide) groups is 1. The quantitative estimate of drug-likeness (QED) is 0.414. The lowest BCUT2D eigenvalue weighted by Gasteiger charge is -2.13. The van der Waals surface area contributed by atoms with Gasteiger partial charge in [-0.25, -0.2) is 4.79 Å². The van der Waals surface area contributed by atoms with E-state index in [0.29, 0.717) is 11.5 Å². The maximum atomic E-state index is 10.7. The molecule has 4 N–H and O–H groups in total. The summed E-state index contributed by atoms with van der Waals surface area (Å²) in [6.07, 6.45) is -0.494. The average molecular weight is 251 g/mol. The lowest BCUT2D eigenvalue weighted by molar-refractivity contribution is -0.141. The van der Waals surface area contributed by atoms with Gasteiger partial charge >= 0.3 is 5.97 Å². The van der Waals surface area contributed by atoms with Crippen molar-refractivity contribution in [3.63, 3.8) is 0 Å². The monoisotopic (exact) mass is 251 g/mol. The Morgan fingerprint density at radius 2 is 2.06 bits per heavy atom. The third-order valence-electron chi connectivity index (χ3n) is 1.75. The summed E-state index contributed by atoms with van der Waals surface area (Å²) in [7, 11) is 0. The lowest BCUT2D eigenvalue weighted by atomic mass is 10.2. The summed E-state index contributed by atoms with van der Waals surface area (Å²) in [5.41, 5.74) is 0.